The second kappa shape index (κ2) is 6.70. The lowest BCUT2D eigenvalue weighted by Crippen LogP contribution is -2.31. The molecule has 114 valence electrons. The van der Waals surface area contributed by atoms with E-state index in [-0.39, 0.29) is 11.0 Å². The van der Waals surface area contributed by atoms with Crippen LogP contribution in [0, 0.1) is 0 Å². The molecule has 1 unspecified atom stereocenters. The van der Waals surface area contributed by atoms with E-state index in [1.54, 1.807) is 19.1 Å². The van der Waals surface area contributed by atoms with Gasteiger partial charge in [-0.05, 0) is 34.5 Å². The highest BCUT2D eigenvalue weighted by molar-refractivity contribution is 9.12. The Hall–Kier alpha value is -1.21. The molecular formula is C13H12BrClF2N2O2. The maximum absolute atomic E-state index is 12.8. The quantitative estimate of drug-likeness (QED) is 0.579. The number of ether oxygens (including phenoxy) is 1. The van der Waals surface area contributed by atoms with Gasteiger partial charge in [-0.1, -0.05) is 17.7 Å². The second-order valence-electron chi connectivity index (χ2n) is 4.51. The number of aromatic nitrogens is 1. The molecule has 0 spiro atoms. The SMILES string of the molecule is CC1OC(=O)C(Br)=C1N(Cc1ccc(Cl)nc1)CC(F)F. The molecule has 1 aromatic heterocycles. The second-order valence-corrected chi connectivity index (χ2v) is 5.69. The monoisotopic (exact) mass is 380 g/mol. The van der Waals surface area contributed by atoms with Gasteiger partial charge in [-0.3, -0.25) is 0 Å². The number of cyclic esters (lactones) is 1. The fraction of sp³-hybridized carbons (Fsp3) is 0.385. The molecule has 0 saturated carbocycles. The maximum atomic E-state index is 12.8. The number of carbonyl (C=O) groups is 1. The van der Waals surface area contributed by atoms with Crippen molar-refractivity contribution in [3.05, 3.63) is 39.2 Å². The zero-order chi connectivity index (χ0) is 15.6. The predicted octanol–water partition coefficient (Wildman–Crippen LogP) is 3.35. The number of hydrogen-bond acceptors (Lipinski definition) is 4. The maximum Gasteiger partial charge on any atom is 0.347 e. The lowest BCUT2D eigenvalue weighted by atomic mass is 10.2. The van der Waals surface area contributed by atoms with Gasteiger partial charge in [0.25, 0.3) is 6.43 Å². The number of nitrogens with zero attached hydrogens (tertiary/aromatic N) is 2. The molecule has 0 bridgehead atoms. The molecule has 0 saturated heterocycles. The summed E-state index contributed by atoms with van der Waals surface area (Å²) in [4.78, 5) is 16.8. The average Bonchev–Trinajstić information content (AvgIpc) is 2.65. The highest BCUT2D eigenvalue weighted by Crippen LogP contribution is 2.31. The molecule has 2 rings (SSSR count). The Morgan fingerprint density at radius 1 is 1.52 bits per heavy atom. The minimum absolute atomic E-state index is 0.178. The van der Waals surface area contributed by atoms with Gasteiger partial charge >= 0.3 is 5.97 Å². The Morgan fingerprint density at radius 3 is 2.71 bits per heavy atom. The molecule has 4 nitrogen and oxygen atoms in total. The van der Waals surface area contributed by atoms with Crippen molar-refractivity contribution in [3.63, 3.8) is 0 Å². The Kier molecular flexibility index (Phi) is 5.16. The fourth-order valence-corrected chi connectivity index (χ4v) is 2.86. The number of hydrogen-bond donors (Lipinski definition) is 0. The number of carbonyl (C=O) groups excluding carboxylic acids is 1. The topological polar surface area (TPSA) is 42.4 Å². The van der Waals surface area contributed by atoms with Crippen molar-refractivity contribution in [3.8, 4) is 0 Å². The number of pyridine rings is 1. The van der Waals surface area contributed by atoms with Crippen LogP contribution < -0.4 is 0 Å². The van der Waals surface area contributed by atoms with Crippen LogP contribution in [0.15, 0.2) is 28.5 Å². The van der Waals surface area contributed by atoms with E-state index >= 15 is 0 Å². The Labute approximate surface area is 133 Å². The van der Waals surface area contributed by atoms with Gasteiger partial charge in [-0.25, -0.2) is 18.6 Å². The molecule has 2 heterocycles. The third kappa shape index (κ3) is 3.91. The van der Waals surface area contributed by atoms with E-state index in [0.29, 0.717) is 16.4 Å². The standard InChI is InChI=1S/C13H12BrClF2N2O2/c1-7-12(11(14)13(20)21-7)19(6-10(16)17)5-8-2-3-9(15)18-4-8/h2-4,7,10H,5-6H2,1H3. The molecule has 0 aromatic carbocycles. The van der Waals surface area contributed by atoms with E-state index in [2.05, 4.69) is 20.9 Å². The number of halogens is 4. The summed E-state index contributed by atoms with van der Waals surface area (Å²) in [5, 5.41) is 0.326. The summed E-state index contributed by atoms with van der Waals surface area (Å²) < 4.78 is 30.8. The van der Waals surface area contributed by atoms with Gasteiger partial charge in [-0.15, -0.1) is 0 Å². The van der Waals surface area contributed by atoms with Gasteiger partial charge in [0.1, 0.15) is 15.7 Å². The molecule has 1 aliphatic rings. The minimum atomic E-state index is -2.54. The largest absolute Gasteiger partial charge is 0.452 e. The van der Waals surface area contributed by atoms with E-state index in [4.69, 9.17) is 16.3 Å². The van der Waals surface area contributed by atoms with Crippen LogP contribution in [0.5, 0.6) is 0 Å². The molecule has 0 N–H and O–H groups in total. The average molecular weight is 382 g/mol. The van der Waals surface area contributed by atoms with Crippen molar-refractivity contribution >= 4 is 33.5 Å². The Bertz CT molecular complexity index is 566. The molecule has 1 aliphatic heterocycles. The van der Waals surface area contributed by atoms with Crippen LogP contribution in [0.25, 0.3) is 0 Å². The number of rotatable bonds is 5. The van der Waals surface area contributed by atoms with Gasteiger partial charge in [-0.2, -0.15) is 0 Å². The lowest BCUT2D eigenvalue weighted by Gasteiger charge is -2.27. The molecular weight excluding hydrogens is 370 g/mol. The summed E-state index contributed by atoms with van der Waals surface area (Å²) in [5.74, 6) is -0.550. The highest BCUT2D eigenvalue weighted by atomic mass is 79.9. The summed E-state index contributed by atoms with van der Waals surface area (Å²) in [7, 11) is 0. The first kappa shape index (κ1) is 16.2. The van der Waals surface area contributed by atoms with Crippen LogP contribution in [0.3, 0.4) is 0 Å². The van der Waals surface area contributed by atoms with Gasteiger partial charge in [0.15, 0.2) is 0 Å². The van der Waals surface area contributed by atoms with Crippen LogP contribution in [-0.4, -0.2) is 34.9 Å². The van der Waals surface area contributed by atoms with Crippen LogP contribution in [0.1, 0.15) is 12.5 Å². The van der Waals surface area contributed by atoms with Gasteiger partial charge in [0, 0.05) is 12.7 Å². The van der Waals surface area contributed by atoms with Crippen molar-refractivity contribution in [2.75, 3.05) is 6.54 Å². The van der Waals surface area contributed by atoms with Crippen molar-refractivity contribution in [1.29, 1.82) is 0 Å². The smallest absolute Gasteiger partial charge is 0.347 e. The van der Waals surface area contributed by atoms with Crippen molar-refractivity contribution < 1.29 is 18.3 Å². The van der Waals surface area contributed by atoms with Crippen molar-refractivity contribution in [2.45, 2.75) is 26.0 Å². The Balaban J connectivity index is 2.26. The molecule has 0 fully saturated rings. The molecule has 0 radical (unpaired) electrons. The first-order valence-electron chi connectivity index (χ1n) is 6.12. The molecule has 0 amide bonds. The molecule has 1 atom stereocenters. The van der Waals surface area contributed by atoms with E-state index in [0.717, 1.165) is 0 Å². The normalized spacial score (nSPS) is 18.4. The van der Waals surface area contributed by atoms with Crippen LogP contribution in [0.4, 0.5) is 8.78 Å². The zero-order valence-electron chi connectivity index (χ0n) is 11.0. The first-order valence-corrected chi connectivity index (χ1v) is 7.29. The van der Waals surface area contributed by atoms with Gasteiger partial charge < -0.3 is 9.64 Å². The zero-order valence-corrected chi connectivity index (χ0v) is 13.4. The lowest BCUT2D eigenvalue weighted by molar-refractivity contribution is -0.138. The number of alkyl halides is 2. The third-order valence-electron chi connectivity index (χ3n) is 2.93. The molecule has 1 aromatic rings. The molecule has 21 heavy (non-hydrogen) atoms. The Morgan fingerprint density at radius 2 is 2.24 bits per heavy atom. The van der Waals surface area contributed by atoms with Crippen molar-refractivity contribution in [1.82, 2.24) is 9.88 Å². The summed E-state index contributed by atoms with van der Waals surface area (Å²) in [5.41, 5.74) is 1.12. The fourth-order valence-electron chi connectivity index (χ4n) is 2.08. The molecule has 0 aliphatic carbocycles. The van der Waals surface area contributed by atoms with Gasteiger partial charge in [0.05, 0.1) is 12.2 Å². The first-order chi connectivity index (χ1) is 9.88. The van der Waals surface area contributed by atoms with E-state index < -0.39 is 25.0 Å². The summed E-state index contributed by atoms with van der Waals surface area (Å²) in [6.07, 6.45) is -1.61. The van der Waals surface area contributed by atoms with Crippen LogP contribution in [0.2, 0.25) is 5.15 Å². The minimum Gasteiger partial charge on any atom is -0.452 e. The summed E-state index contributed by atoms with van der Waals surface area (Å²) in [6, 6.07) is 3.28. The van der Waals surface area contributed by atoms with Gasteiger partial charge in [0.2, 0.25) is 0 Å². The van der Waals surface area contributed by atoms with E-state index in [1.165, 1.54) is 11.1 Å². The summed E-state index contributed by atoms with van der Waals surface area (Å²) >= 11 is 8.81. The van der Waals surface area contributed by atoms with E-state index in [1.807, 2.05) is 0 Å². The van der Waals surface area contributed by atoms with Crippen LogP contribution in [-0.2, 0) is 16.1 Å². The predicted molar refractivity (Wildman–Crippen MR) is 77.2 cm³/mol. The van der Waals surface area contributed by atoms with E-state index in [9.17, 15) is 13.6 Å². The molecule has 8 heteroatoms. The highest BCUT2D eigenvalue weighted by Gasteiger charge is 2.34. The van der Waals surface area contributed by atoms with Crippen LogP contribution >= 0.6 is 27.5 Å². The third-order valence-corrected chi connectivity index (χ3v) is 3.89. The number of esters is 1. The summed E-state index contributed by atoms with van der Waals surface area (Å²) in [6.45, 7) is 1.31. The van der Waals surface area contributed by atoms with Crippen molar-refractivity contribution in [2.24, 2.45) is 0 Å².